The first-order chi connectivity index (χ1) is 7.38. The zero-order valence-electron chi connectivity index (χ0n) is 8.06. The highest BCUT2D eigenvalue weighted by Gasteiger charge is 2.71. The van der Waals surface area contributed by atoms with Crippen molar-refractivity contribution >= 4 is 17.4 Å². The van der Waals surface area contributed by atoms with Crippen molar-refractivity contribution in [1.82, 2.24) is 0 Å². The minimum atomic E-state index is 0.0232. The van der Waals surface area contributed by atoms with E-state index < -0.39 is 0 Å². The Balaban J connectivity index is 1.89. The average Bonchev–Trinajstić information content (AvgIpc) is 2.69. The Morgan fingerprint density at radius 1 is 1.47 bits per heavy atom. The van der Waals surface area contributed by atoms with Crippen LogP contribution < -0.4 is 9.64 Å². The van der Waals surface area contributed by atoms with Crippen LogP contribution in [0.4, 0.5) is 5.69 Å². The van der Waals surface area contributed by atoms with Crippen molar-refractivity contribution in [2.24, 2.45) is 0 Å². The Labute approximate surface area is 91.9 Å². The Bertz CT molecular complexity index is 538. The van der Waals surface area contributed by atoms with Crippen LogP contribution in [0.25, 0.3) is 0 Å². The number of nitrogens with zero attached hydrogens (tertiary/aromatic N) is 1. The van der Waals surface area contributed by atoms with Gasteiger partial charge in [0.2, 0.25) is 5.72 Å². The van der Waals surface area contributed by atoms with Crippen LogP contribution in [0.3, 0.4) is 0 Å². The van der Waals surface area contributed by atoms with Gasteiger partial charge in [-0.15, -0.1) is 0 Å². The van der Waals surface area contributed by atoms with Crippen molar-refractivity contribution in [1.29, 1.82) is 0 Å². The van der Waals surface area contributed by atoms with Crippen molar-refractivity contribution in [3.63, 3.8) is 0 Å². The second kappa shape index (κ2) is 1.92. The monoisotopic (exact) mass is 215 g/mol. The molecule has 2 unspecified atom stereocenters. The van der Waals surface area contributed by atoms with Crippen LogP contribution in [0.2, 0.25) is 0 Å². The summed E-state index contributed by atoms with van der Waals surface area (Å²) in [4.78, 5) is 2.44. The fourth-order valence-corrected chi connectivity index (χ4v) is 4.49. The smallest absolute Gasteiger partial charge is 0.201 e. The maximum atomic E-state index is 6.15. The van der Waals surface area contributed by atoms with Crippen molar-refractivity contribution in [2.75, 3.05) is 4.90 Å². The molecule has 5 rings (SSSR count). The second-order valence-electron chi connectivity index (χ2n) is 4.60. The summed E-state index contributed by atoms with van der Waals surface area (Å²) in [6.45, 7) is 0. The number of hydrogen-bond donors (Lipinski definition) is 0. The van der Waals surface area contributed by atoms with Crippen LogP contribution in [0.15, 0.2) is 29.3 Å². The summed E-state index contributed by atoms with van der Waals surface area (Å²) in [5, 5.41) is 2.09. The van der Waals surface area contributed by atoms with Gasteiger partial charge < -0.3 is 4.74 Å². The lowest BCUT2D eigenvalue weighted by Crippen LogP contribution is -2.34. The molecular formula is C12H9NOS. The molecule has 15 heavy (non-hydrogen) atoms. The lowest BCUT2D eigenvalue weighted by molar-refractivity contribution is 0.216. The maximum Gasteiger partial charge on any atom is 0.201 e. The van der Waals surface area contributed by atoms with Gasteiger partial charge in [-0.2, -0.15) is 0 Å². The van der Waals surface area contributed by atoms with Gasteiger partial charge in [0.15, 0.2) is 0 Å². The topological polar surface area (TPSA) is 12.5 Å². The molecule has 1 saturated heterocycles. The fraction of sp³-hybridized carbons (Fsp3) is 0.333. The third kappa shape index (κ3) is 0.617. The van der Waals surface area contributed by atoms with Gasteiger partial charge in [0.1, 0.15) is 5.75 Å². The van der Waals surface area contributed by atoms with Crippen LogP contribution >= 0.6 is 11.8 Å². The van der Waals surface area contributed by atoms with Crippen molar-refractivity contribution in [3.8, 4) is 5.75 Å². The highest BCUT2D eigenvalue weighted by Crippen LogP contribution is 2.69. The van der Waals surface area contributed by atoms with Gasteiger partial charge in [0.05, 0.1) is 16.0 Å². The van der Waals surface area contributed by atoms with Crippen LogP contribution in [-0.2, 0) is 6.42 Å². The summed E-state index contributed by atoms with van der Waals surface area (Å²) in [5.74, 6) is 1.10. The summed E-state index contributed by atoms with van der Waals surface area (Å²) < 4.78 is 6.15. The molecule has 2 nitrogen and oxygen atoms in total. The number of anilines is 1. The summed E-state index contributed by atoms with van der Waals surface area (Å²) in [6, 6.07) is 6.43. The number of benzene rings is 1. The molecule has 74 valence electrons. The fourth-order valence-electron chi connectivity index (χ4n) is 3.01. The Morgan fingerprint density at radius 3 is 3.47 bits per heavy atom. The molecule has 4 aliphatic rings. The highest BCUT2D eigenvalue weighted by molar-refractivity contribution is 8.04. The largest absolute Gasteiger partial charge is 0.464 e. The minimum absolute atomic E-state index is 0.0232. The first-order valence-corrected chi connectivity index (χ1v) is 6.24. The third-order valence-corrected chi connectivity index (χ3v) is 5.18. The maximum absolute atomic E-state index is 6.15. The summed E-state index contributed by atoms with van der Waals surface area (Å²) in [5.41, 5.74) is 2.79. The molecule has 0 N–H and O–H groups in total. The zero-order chi connectivity index (χ0) is 9.62. The van der Waals surface area contributed by atoms with E-state index in [-0.39, 0.29) is 5.72 Å². The van der Waals surface area contributed by atoms with Crippen LogP contribution in [-0.4, -0.2) is 11.0 Å². The van der Waals surface area contributed by atoms with Gasteiger partial charge in [0, 0.05) is 6.42 Å². The van der Waals surface area contributed by atoms with Crippen LogP contribution in [0.1, 0.15) is 12.0 Å². The predicted octanol–water partition coefficient (Wildman–Crippen LogP) is 2.50. The second-order valence-corrected chi connectivity index (χ2v) is 5.83. The van der Waals surface area contributed by atoms with E-state index in [1.807, 2.05) is 11.8 Å². The van der Waals surface area contributed by atoms with Gasteiger partial charge in [-0.05, 0) is 24.1 Å². The van der Waals surface area contributed by atoms with E-state index in [0.717, 1.165) is 12.2 Å². The number of para-hydroxylation sites is 1. The van der Waals surface area contributed by atoms with E-state index in [1.165, 1.54) is 22.7 Å². The van der Waals surface area contributed by atoms with E-state index in [2.05, 4.69) is 29.2 Å². The molecule has 3 aliphatic heterocycles. The standard InChI is InChI=1S/C12H9NOS/c1-2-7-4-5-10-13-11(7)8(3-1)14-12(13)6-9(12)15-10/h1-3,5,9H,4,6H2. The van der Waals surface area contributed by atoms with Gasteiger partial charge in [-0.25, -0.2) is 0 Å². The molecule has 1 spiro atoms. The van der Waals surface area contributed by atoms with E-state index in [4.69, 9.17) is 4.74 Å². The lowest BCUT2D eigenvalue weighted by atomic mass is 10.1. The van der Waals surface area contributed by atoms with Crippen molar-refractivity contribution in [3.05, 3.63) is 34.9 Å². The highest BCUT2D eigenvalue weighted by atomic mass is 32.2. The number of allylic oxidation sites excluding steroid dienone is 1. The van der Waals surface area contributed by atoms with E-state index in [9.17, 15) is 0 Å². The zero-order valence-corrected chi connectivity index (χ0v) is 8.88. The molecule has 1 saturated carbocycles. The lowest BCUT2D eigenvalue weighted by Gasteiger charge is -2.26. The minimum Gasteiger partial charge on any atom is -0.464 e. The molecule has 0 aromatic heterocycles. The SMILES string of the molecule is C1=C2SC3CC34Oc3cccc(c3N24)C1. The first kappa shape index (κ1) is 7.23. The van der Waals surface area contributed by atoms with E-state index in [0.29, 0.717) is 5.25 Å². The molecule has 1 aromatic carbocycles. The normalized spacial score (nSPS) is 36.9. The van der Waals surface area contributed by atoms with Gasteiger partial charge >= 0.3 is 0 Å². The molecule has 2 fully saturated rings. The average molecular weight is 215 g/mol. The number of thioether (sulfide) groups is 1. The van der Waals surface area contributed by atoms with E-state index in [1.54, 1.807) is 0 Å². The van der Waals surface area contributed by atoms with Gasteiger partial charge in [-0.3, -0.25) is 4.90 Å². The number of ether oxygens (including phenoxy) is 1. The van der Waals surface area contributed by atoms with Gasteiger partial charge in [0.25, 0.3) is 0 Å². The Kier molecular flexibility index (Phi) is 0.924. The van der Waals surface area contributed by atoms with Crippen LogP contribution in [0, 0.1) is 0 Å². The van der Waals surface area contributed by atoms with E-state index >= 15 is 0 Å². The van der Waals surface area contributed by atoms with Crippen molar-refractivity contribution < 1.29 is 4.74 Å². The Morgan fingerprint density at radius 2 is 2.47 bits per heavy atom. The molecule has 0 amide bonds. The van der Waals surface area contributed by atoms with Gasteiger partial charge in [-0.1, -0.05) is 23.9 Å². The molecule has 0 bridgehead atoms. The first-order valence-electron chi connectivity index (χ1n) is 5.36. The molecule has 0 radical (unpaired) electrons. The number of rotatable bonds is 0. The quantitative estimate of drug-likeness (QED) is 0.659. The molecule has 3 heteroatoms. The molecular weight excluding hydrogens is 206 g/mol. The summed E-state index contributed by atoms with van der Waals surface area (Å²) in [7, 11) is 0. The molecule has 2 atom stereocenters. The van der Waals surface area contributed by atoms with Crippen molar-refractivity contribution in [2.45, 2.75) is 23.8 Å². The van der Waals surface area contributed by atoms with Crippen LogP contribution in [0.5, 0.6) is 5.75 Å². The summed E-state index contributed by atoms with van der Waals surface area (Å²) in [6.07, 6.45) is 4.59. The number of hydrogen-bond acceptors (Lipinski definition) is 3. The molecule has 1 aromatic rings. The summed E-state index contributed by atoms with van der Waals surface area (Å²) >= 11 is 1.99. The Hall–Kier alpha value is -1.09. The molecule has 3 heterocycles. The molecule has 1 aliphatic carbocycles. The predicted molar refractivity (Wildman–Crippen MR) is 60.1 cm³/mol. The third-order valence-electron chi connectivity index (χ3n) is 3.77.